The lowest BCUT2D eigenvalue weighted by Gasteiger charge is -2.26. The Bertz CT molecular complexity index is 515. The molecule has 122 valence electrons. The van der Waals surface area contributed by atoms with Crippen molar-refractivity contribution in [3.63, 3.8) is 0 Å². The van der Waals surface area contributed by atoms with Gasteiger partial charge in [0.15, 0.2) is 0 Å². The van der Waals surface area contributed by atoms with Crippen LogP contribution in [-0.4, -0.2) is 44.7 Å². The molecule has 1 aliphatic rings. The minimum Gasteiger partial charge on any atom is -0.497 e. The topological polar surface area (TPSA) is 50.8 Å². The van der Waals surface area contributed by atoms with Gasteiger partial charge in [0.2, 0.25) is 5.91 Å². The van der Waals surface area contributed by atoms with Gasteiger partial charge < -0.3 is 19.7 Å². The summed E-state index contributed by atoms with van der Waals surface area (Å²) < 4.78 is 10.7. The summed E-state index contributed by atoms with van der Waals surface area (Å²) in [5.41, 5.74) is 0.985. The molecule has 0 bridgehead atoms. The van der Waals surface area contributed by atoms with Crippen LogP contribution in [0.3, 0.4) is 0 Å². The molecule has 1 aliphatic carbocycles. The number of hydrogen-bond donors (Lipinski definition) is 1. The van der Waals surface area contributed by atoms with E-state index >= 15 is 0 Å². The Kier molecular flexibility index (Phi) is 5.66. The molecule has 1 aromatic carbocycles. The van der Waals surface area contributed by atoms with E-state index in [-0.39, 0.29) is 11.8 Å². The number of amides is 1. The van der Waals surface area contributed by atoms with Crippen LogP contribution in [0.15, 0.2) is 18.2 Å². The first-order valence-corrected chi connectivity index (χ1v) is 7.76. The van der Waals surface area contributed by atoms with Crippen molar-refractivity contribution in [1.82, 2.24) is 10.2 Å². The zero-order valence-electron chi connectivity index (χ0n) is 13.9. The third kappa shape index (κ3) is 3.91. The van der Waals surface area contributed by atoms with Gasteiger partial charge in [0.1, 0.15) is 11.5 Å². The highest BCUT2D eigenvalue weighted by Crippen LogP contribution is 2.32. The second-order valence-electron chi connectivity index (χ2n) is 5.83. The van der Waals surface area contributed by atoms with Gasteiger partial charge in [-0.1, -0.05) is 6.92 Å². The Morgan fingerprint density at radius 2 is 2.09 bits per heavy atom. The number of rotatable bonds is 8. The average molecular weight is 306 g/mol. The van der Waals surface area contributed by atoms with Crippen molar-refractivity contribution in [3.05, 3.63) is 23.8 Å². The minimum absolute atomic E-state index is 0.0257. The highest BCUT2D eigenvalue weighted by atomic mass is 16.5. The van der Waals surface area contributed by atoms with E-state index in [1.165, 1.54) is 0 Å². The van der Waals surface area contributed by atoms with E-state index in [9.17, 15) is 4.79 Å². The van der Waals surface area contributed by atoms with Gasteiger partial charge in [0.25, 0.3) is 0 Å². The van der Waals surface area contributed by atoms with Gasteiger partial charge in [0, 0.05) is 30.6 Å². The summed E-state index contributed by atoms with van der Waals surface area (Å²) in [5.74, 6) is 1.74. The van der Waals surface area contributed by atoms with Crippen molar-refractivity contribution in [1.29, 1.82) is 0 Å². The van der Waals surface area contributed by atoms with E-state index in [2.05, 4.69) is 5.32 Å². The molecule has 0 radical (unpaired) electrons. The normalized spacial score (nSPS) is 15.3. The van der Waals surface area contributed by atoms with Crippen molar-refractivity contribution in [2.24, 2.45) is 5.92 Å². The first kappa shape index (κ1) is 16.6. The smallest absolute Gasteiger partial charge is 0.227 e. The summed E-state index contributed by atoms with van der Waals surface area (Å²) in [6.07, 6.45) is 2.18. The molecule has 1 N–H and O–H groups in total. The van der Waals surface area contributed by atoms with Gasteiger partial charge >= 0.3 is 0 Å². The molecule has 0 spiro atoms. The van der Waals surface area contributed by atoms with Gasteiger partial charge in [-0.2, -0.15) is 0 Å². The molecule has 1 amide bonds. The molecule has 0 heterocycles. The van der Waals surface area contributed by atoms with Gasteiger partial charge in [-0.3, -0.25) is 4.79 Å². The number of hydrogen-bond acceptors (Lipinski definition) is 4. The molecule has 0 aromatic heterocycles. The monoisotopic (exact) mass is 306 g/mol. The fraction of sp³-hybridized carbons (Fsp3) is 0.588. The van der Waals surface area contributed by atoms with E-state index in [1.54, 1.807) is 14.2 Å². The number of carbonyl (C=O) groups excluding carboxylic acids is 1. The van der Waals surface area contributed by atoms with Crippen molar-refractivity contribution in [3.8, 4) is 11.5 Å². The van der Waals surface area contributed by atoms with Gasteiger partial charge in [-0.25, -0.2) is 0 Å². The van der Waals surface area contributed by atoms with Crippen LogP contribution in [0.25, 0.3) is 0 Å². The first-order chi connectivity index (χ1) is 10.6. The Hall–Kier alpha value is -1.75. The second-order valence-corrected chi connectivity index (χ2v) is 5.83. The molecule has 1 aromatic rings. The molecule has 1 saturated carbocycles. The quantitative estimate of drug-likeness (QED) is 0.798. The van der Waals surface area contributed by atoms with Crippen LogP contribution in [0, 0.1) is 5.92 Å². The maximum Gasteiger partial charge on any atom is 0.227 e. The van der Waals surface area contributed by atoms with Crippen molar-refractivity contribution in [2.75, 3.05) is 27.8 Å². The van der Waals surface area contributed by atoms with E-state index in [4.69, 9.17) is 9.47 Å². The summed E-state index contributed by atoms with van der Waals surface area (Å²) >= 11 is 0. The molecule has 1 atom stereocenters. The highest BCUT2D eigenvalue weighted by molar-refractivity contribution is 5.79. The molecule has 5 nitrogen and oxygen atoms in total. The fourth-order valence-electron chi connectivity index (χ4n) is 2.64. The highest BCUT2D eigenvalue weighted by Gasteiger charge is 2.34. The Labute approximate surface area is 132 Å². The van der Waals surface area contributed by atoms with Crippen LogP contribution in [0.4, 0.5) is 0 Å². The number of nitrogens with one attached hydrogen (secondary N) is 1. The van der Waals surface area contributed by atoms with Crippen molar-refractivity contribution in [2.45, 2.75) is 32.4 Å². The van der Waals surface area contributed by atoms with Crippen molar-refractivity contribution < 1.29 is 14.3 Å². The molecule has 0 aliphatic heterocycles. The SMILES string of the molecule is CNCC(C)C(=O)N(Cc1cc(OC)ccc1OC)C1CC1. The summed E-state index contributed by atoms with van der Waals surface area (Å²) in [4.78, 5) is 14.7. The van der Waals surface area contributed by atoms with E-state index < -0.39 is 0 Å². The number of benzene rings is 1. The van der Waals surface area contributed by atoms with Crippen LogP contribution in [-0.2, 0) is 11.3 Å². The van der Waals surface area contributed by atoms with Gasteiger partial charge in [-0.05, 0) is 38.1 Å². The van der Waals surface area contributed by atoms with Crippen molar-refractivity contribution >= 4 is 5.91 Å². The third-order valence-electron chi connectivity index (χ3n) is 4.03. The van der Waals surface area contributed by atoms with Gasteiger partial charge in [0.05, 0.1) is 14.2 Å². The second kappa shape index (κ2) is 7.49. The van der Waals surface area contributed by atoms with E-state index in [0.717, 1.165) is 29.9 Å². The molecular weight excluding hydrogens is 280 g/mol. The predicted octanol–water partition coefficient (Wildman–Crippen LogP) is 2.05. The Balaban J connectivity index is 2.19. The maximum atomic E-state index is 12.7. The van der Waals surface area contributed by atoms with Crippen LogP contribution in [0.5, 0.6) is 11.5 Å². The number of carbonyl (C=O) groups is 1. The zero-order chi connectivity index (χ0) is 16.1. The lowest BCUT2D eigenvalue weighted by molar-refractivity contribution is -0.136. The molecular formula is C17H26N2O3. The third-order valence-corrected chi connectivity index (χ3v) is 4.03. The molecule has 5 heteroatoms. The van der Waals surface area contributed by atoms with Crippen LogP contribution < -0.4 is 14.8 Å². The van der Waals surface area contributed by atoms with E-state index in [0.29, 0.717) is 19.1 Å². The zero-order valence-corrected chi connectivity index (χ0v) is 13.9. The lowest BCUT2D eigenvalue weighted by Crippen LogP contribution is -2.39. The Morgan fingerprint density at radius 3 is 2.64 bits per heavy atom. The largest absolute Gasteiger partial charge is 0.497 e. The lowest BCUT2D eigenvalue weighted by atomic mass is 10.1. The minimum atomic E-state index is -0.0257. The number of ether oxygens (including phenoxy) is 2. The standard InChI is InChI=1S/C17H26N2O3/c1-12(10-18-2)17(20)19(14-5-6-14)11-13-9-15(21-3)7-8-16(13)22-4/h7-9,12,14,18H,5-6,10-11H2,1-4H3. The summed E-state index contributed by atoms with van der Waals surface area (Å²) in [6, 6.07) is 6.07. The average Bonchev–Trinajstić information content (AvgIpc) is 3.36. The predicted molar refractivity (Wildman–Crippen MR) is 86.2 cm³/mol. The van der Waals surface area contributed by atoms with Gasteiger partial charge in [-0.15, -0.1) is 0 Å². The molecule has 2 rings (SSSR count). The fourth-order valence-corrected chi connectivity index (χ4v) is 2.64. The summed E-state index contributed by atoms with van der Waals surface area (Å²) in [6.45, 7) is 3.23. The maximum absolute atomic E-state index is 12.7. The molecule has 22 heavy (non-hydrogen) atoms. The van der Waals surface area contributed by atoms with E-state index in [1.807, 2.05) is 37.1 Å². The first-order valence-electron chi connectivity index (χ1n) is 7.76. The van der Waals surface area contributed by atoms with Crippen LogP contribution >= 0.6 is 0 Å². The summed E-state index contributed by atoms with van der Waals surface area (Å²) in [7, 11) is 5.17. The number of methoxy groups -OCH3 is 2. The molecule has 0 saturated heterocycles. The van der Waals surface area contributed by atoms with Crippen LogP contribution in [0.1, 0.15) is 25.3 Å². The Morgan fingerprint density at radius 1 is 1.36 bits per heavy atom. The van der Waals surface area contributed by atoms with Crippen LogP contribution in [0.2, 0.25) is 0 Å². The summed E-state index contributed by atoms with van der Waals surface area (Å²) in [5, 5.41) is 3.08. The molecule has 1 fully saturated rings. The number of nitrogens with zero attached hydrogens (tertiary/aromatic N) is 1. The molecule has 1 unspecified atom stereocenters.